The number of nitrogens with one attached hydrogen (secondary N) is 2. The van der Waals surface area contributed by atoms with E-state index in [9.17, 15) is 0 Å². The fraction of sp³-hybridized carbons (Fsp3) is 0.714. The van der Waals surface area contributed by atoms with Crippen molar-refractivity contribution in [2.75, 3.05) is 26.2 Å². The van der Waals surface area contributed by atoms with Gasteiger partial charge in [-0.15, -0.1) is 0 Å². The Morgan fingerprint density at radius 2 is 1.94 bits per heavy atom. The van der Waals surface area contributed by atoms with E-state index in [0.717, 1.165) is 26.2 Å². The molecule has 18 heavy (non-hydrogen) atoms. The Hall–Kier alpha value is -1.16. The fourth-order valence-electron chi connectivity index (χ4n) is 2.52. The van der Waals surface area contributed by atoms with Gasteiger partial charge in [0, 0.05) is 32.0 Å². The maximum Gasteiger partial charge on any atom is 0.0879 e. The molecule has 0 atom stereocenters. The molecule has 100 valence electrons. The van der Waals surface area contributed by atoms with Gasteiger partial charge < -0.3 is 10.6 Å². The van der Waals surface area contributed by atoms with Crippen molar-refractivity contribution < 1.29 is 0 Å². The first-order valence-electron chi connectivity index (χ1n) is 7.12. The summed E-state index contributed by atoms with van der Waals surface area (Å²) in [5.41, 5.74) is 1.30. The molecule has 2 aliphatic rings. The molecule has 0 aromatic carbocycles. The summed E-state index contributed by atoms with van der Waals surface area (Å²) in [6.07, 6.45) is 12.5. The third kappa shape index (κ3) is 4.61. The summed E-state index contributed by atoms with van der Waals surface area (Å²) in [5, 5.41) is 6.52. The lowest BCUT2D eigenvalue weighted by atomic mass is 9.84. The van der Waals surface area contributed by atoms with Gasteiger partial charge in [0.2, 0.25) is 0 Å². The highest BCUT2D eigenvalue weighted by Crippen LogP contribution is 2.28. The van der Waals surface area contributed by atoms with Crippen LogP contribution in [0.25, 0.3) is 0 Å². The molecular weight excluding hydrogens is 224 g/mol. The smallest absolute Gasteiger partial charge is 0.0879 e. The summed E-state index contributed by atoms with van der Waals surface area (Å²) in [6.45, 7) is 3.68. The first kappa shape index (κ1) is 13.3. The van der Waals surface area contributed by atoms with E-state index in [-0.39, 0.29) is 0 Å². The van der Waals surface area contributed by atoms with Crippen LogP contribution in [0.3, 0.4) is 0 Å². The predicted molar refractivity (Wildman–Crippen MR) is 77.4 cm³/mol. The van der Waals surface area contributed by atoms with E-state index in [2.05, 4.69) is 20.6 Å². The van der Waals surface area contributed by atoms with Crippen LogP contribution in [-0.2, 0) is 0 Å². The van der Waals surface area contributed by atoms with Crippen molar-refractivity contribution in [1.29, 1.82) is 0 Å². The van der Waals surface area contributed by atoms with Gasteiger partial charge >= 0.3 is 0 Å². The molecule has 0 spiro atoms. The summed E-state index contributed by atoms with van der Waals surface area (Å²) in [7, 11) is 0. The van der Waals surface area contributed by atoms with E-state index in [1.165, 1.54) is 37.7 Å². The quantitative estimate of drug-likeness (QED) is 0.742. The second-order valence-corrected chi connectivity index (χ2v) is 4.98. The van der Waals surface area contributed by atoms with E-state index in [0.29, 0.717) is 5.92 Å². The average molecular weight is 248 g/mol. The minimum absolute atomic E-state index is 0.663. The van der Waals surface area contributed by atoms with Crippen LogP contribution in [0.1, 0.15) is 32.1 Å². The lowest BCUT2D eigenvalue weighted by Crippen LogP contribution is -2.28. The molecule has 2 N–H and O–H groups in total. The molecule has 0 aromatic heterocycles. The van der Waals surface area contributed by atoms with Crippen molar-refractivity contribution in [3.05, 3.63) is 11.8 Å². The van der Waals surface area contributed by atoms with Crippen molar-refractivity contribution in [3.63, 3.8) is 0 Å². The molecule has 4 heteroatoms. The predicted octanol–water partition coefficient (Wildman–Crippen LogP) is 1.74. The molecule has 1 saturated carbocycles. The highest BCUT2D eigenvalue weighted by molar-refractivity contribution is 5.79. The van der Waals surface area contributed by atoms with Gasteiger partial charge in [0.25, 0.3) is 0 Å². The second-order valence-electron chi connectivity index (χ2n) is 4.98. The monoisotopic (exact) mass is 248 g/mol. The topological polar surface area (TPSA) is 48.8 Å². The minimum Gasteiger partial charge on any atom is -0.375 e. The summed E-state index contributed by atoms with van der Waals surface area (Å²) in [5.74, 6) is 0.663. The van der Waals surface area contributed by atoms with Gasteiger partial charge in [-0.25, -0.2) is 4.99 Å². The van der Waals surface area contributed by atoms with Crippen molar-refractivity contribution in [2.45, 2.75) is 32.1 Å². The minimum atomic E-state index is 0.663. The van der Waals surface area contributed by atoms with Crippen molar-refractivity contribution >= 4 is 12.6 Å². The van der Waals surface area contributed by atoms with Crippen LogP contribution in [0.4, 0.5) is 0 Å². The summed E-state index contributed by atoms with van der Waals surface area (Å²) >= 11 is 0. The largest absolute Gasteiger partial charge is 0.375 e. The summed E-state index contributed by atoms with van der Waals surface area (Å²) in [6, 6.07) is 0. The highest BCUT2D eigenvalue weighted by atomic mass is 15.0. The fourth-order valence-corrected chi connectivity index (χ4v) is 2.52. The van der Waals surface area contributed by atoms with Crippen LogP contribution >= 0.6 is 0 Å². The van der Waals surface area contributed by atoms with Gasteiger partial charge in [0.1, 0.15) is 0 Å². The Morgan fingerprint density at radius 1 is 1.06 bits per heavy atom. The van der Waals surface area contributed by atoms with Crippen molar-refractivity contribution in [2.24, 2.45) is 15.9 Å². The molecule has 1 aliphatic carbocycles. The first-order chi connectivity index (χ1) is 8.97. The third-order valence-corrected chi connectivity index (χ3v) is 3.57. The Morgan fingerprint density at radius 3 is 2.83 bits per heavy atom. The van der Waals surface area contributed by atoms with Crippen LogP contribution in [0, 0.1) is 5.92 Å². The number of hydrogen-bond acceptors (Lipinski definition) is 4. The molecule has 0 aromatic rings. The molecule has 0 amide bonds. The van der Waals surface area contributed by atoms with Crippen LogP contribution in [-0.4, -0.2) is 38.7 Å². The Kier molecular flexibility index (Phi) is 5.92. The van der Waals surface area contributed by atoms with Gasteiger partial charge in [0.15, 0.2) is 0 Å². The van der Waals surface area contributed by atoms with Gasteiger partial charge in [-0.2, -0.15) is 0 Å². The van der Waals surface area contributed by atoms with Gasteiger partial charge in [0.05, 0.1) is 12.9 Å². The van der Waals surface area contributed by atoms with E-state index < -0.39 is 0 Å². The molecule has 0 bridgehead atoms. The number of aliphatic imine (C=N–C) groups is 2. The van der Waals surface area contributed by atoms with Crippen LogP contribution in [0.5, 0.6) is 0 Å². The average Bonchev–Trinajstić information content (AvgIpc) is 2.40. The van der Waals surface area contributed by atoms with Crippen LogP contribution in [0.15, 0.2) is 21.8 Å². The van der Waals surface area contributed by atoms with Crippen molar-refractivity contribution in [3.8, 4) is 0 Å². The van der Waals surface area contributed by atoms with E-state index >= 15 is 0 Å². The lowest BCUT2D eigenvalue weighted by molar-refractivity contribution is 0.411. The Labute approximate surface area is 110 Å². The second kappa shape index (κ2) is 8.03. The maximum atomic E-state index is 4.51. The van der Waals surface area contributed by atoms with Gasteiger partial charge in [-0.3, -0.25) is 4.99 Å². The van der Waals surface area contributed by atoms with E-state index in [1.54, 1.807) is 6.34 Å². The standard InChI is InChI=1S/C14H24N4/c1-2-4-13(5-3-1)14-10-16-8-6-15-7-9-17-12-18-11-14/h10-13,15H,1-9H2,(H,17,18). The SMILES string of the molecule is C1=NC=C(C2CCCCC2)C=NCCNCCN1. The van der Waals surface area contributed by atoms with Crippen molar-refractivity contribution in [1.82, 2.24) is 10.6 Å². The molecule has 0 saturated heterocycles. The molecular formula is C14H24N4. The highest BCUT2D eigenvalue weighted by Gasteiger charge is 2.16. The number of nitrogens with zero attached hydrogens (tertiary/aromatic N) is 2. The number of hydrogen-bond donors (Lipinski definition) is 2. The Balaban J connectivity index is 2.00. The summed E-state index contributed by atoms with van der Waals surface area (Å²) < 4.78 is 0. The molecule has 1 heterocycles. The summed E-state index contributed by atoms with van der Waals surface area (Å²) in [4.78, 5) is 8.86. The lowest BCUT2D eigenvalue weighted by Gasteiger charge is -2.22. The molecule has 0 unspecified atom stereocenters. The van der Waals surface area contributed by atoms with Gasteiger partial charge in [-0.05, 0) is 24.3 Å². The van der Waals surface area contributed by atoms with Gasteiger partial charge in [-0.1, -0.05) is 19.3 Å². The molecule has 2 rings (SSSR count). The molecule has 0 radical (unpaired) electrons. The van der Waals surface area contributed by atoms with E-state index in [4.69, 9.17) is 0 Å². The zero-order valence-electron chi connectivity index (χ0n) is 11.1. The zero-order valence-corrected chi connectivity index (χ0v) is 11.1. The molecule has 4 nitrogen and oxygen atoms in total. The number of allylic oxidation sites excluding steroid dienone is 1. The zero-order chi connectivity index (χ0) is 12.5. The molecule has 1 fully saturated rings. The first-order valence-corrected chi connectivity index (χ1v) is 7.12. The normalized spacial score (nSPS) is 23.7. The third-order valence-electron chi connectivity index (χ3n) is 3.57. The number of rotatable bonds is 1. The van der Waals surface area contributed by atoms with E-state index in [1.807, 2.05) is 12.4 Å². The molecule has 1 aliphatic heterocycles. The van der Waals surface area contributed by atoms with Crippen LogP contribution < -0.4 is 10.6 Å². The van der Waals surface area contributed by atoms with Crippen LogP contribution in [0.2, 0.25) is 0 Å². The Bertz CT molecular complexity index is 314. The maximum absolute atomic E-state index is 4.51.